The fraction of sp³-hybridized carbons (Fsp3) is 0.500. The molecule has 3 rings (SSSR count). The Bertz CT molecular complexity index is 572. The fourth-order valence-corrected chi connectivity index (χ4v) is 3.07. The summed E-state index contributed by atoms with van der Waals surface area (Å²) in [5.41, 5.74) is 2.65. The highest BCUT2D eigenvalue weighted by atomic mass is 19.1. The summed E-state index contributed by atoms with van der Waals surface area (Å²) in [6.07, 6.45) is 3.54. The van der Waals surface area contributed by atoms with Gasteiger partial charge in [0.2, 0.25) is 5.91 Å². The van der Waals surface area contributed by atoms with Crippen molar-refractivity contribution in [2.24, 2.45) is 5.92 Å². The molecule has 6 heteroatoms. The van der Waals surface area contributed by atoms with Crippen LogP contribution in [0.5, 0.6) is 0 Å². The molecule has 1 aliphatic heterocycles. The molecule has 1 aliphatic carbocycles. The number of hydrogen-bond donors (Lipinski definition) is 1. The van der Waals surface area contributed by atoms with Crippen LogP contribution in [0.25, 0.3) is 0 Å². The van der Waals surface area contributed by atoms with E-state index in [1.165, 1.54) is 11.0 Å². The van der Waals surface area contributed by atoms with Gasteiger partial charge in [-0.2, -0.15) is 0 Å². The van der Waals surface area contributed by atoms with Crippen LogP contribution >= 0.6 is 0 Å². The van der Waals surface area contributed by atoms with Gasteiger partial charge in [0, 0.05) is 18.9 Å². The Morgan fingerprint density at radius 1 is 1.23 bits per heavy atom. The Morgan fingerprint density at radius 2 is 1.95 bits per heavy atom. The van der Waals surface area contributed by atoms with E-state index in [4.69, 9.17) is 4.84 Å². The summed E-state index contributed by atoms with van der Waals surface area (Å²) in [5, 5.41) is 0. The maximum absolute atomic E-state index is 13.8. The lowest BCUT2D eigenvalue weighted by Gasteiger charge is -2.18. The molecule has 1 saturated heterocycles. The highest BCUT2D eigenvalue weighted by molar-refractivity contribution is 5.99. The number of amides is 2. The molecule has 0 unspecified atom stereocenters. The molecule has 118 valence electrons. The highest BCUT2D eigenvalue weighted by Gasteiger charge is 2.36. The topological polar surface area (TPSA) is 58.6 Å². The van der Waals surface area contributed by atoms with E-state index in [2.05, 4.69) is 5.48 Å². The number of nitrogens with one attached hydrogen (secondary N) is 1. The van der Waals surface area contributed by atoms with E-state index in [0.29, 0.717) is 13.0 Å². The van der Waals surface area contributed by atoms with Crippen LogP contribution in [0, 0.1) is 11.7 Å². The van der Waals surface area contributed by atoms with Crippen molar-refractivity contribution in [3.63, 3.8) is 0 Å². The first-order valence-corrected chi connectivity index (χ1v) is 7.68. The van der Waals surface area contributed by atoms with Gasteiger partial charge in [0.15, 0.2) is 6.10 Å². The molecule has 0 spiro atoms. The zero-order chi connectivity index (χ0) is 15.5. The molecular weight excluding hydrogens is 287 g/mol. The predicted octanol–water partition coefficient (Wildman–Crippen LogP) is 2.17. The smallest absolute Gasteiger partial charge is 0.259 e. The Labute approximate surface area is 128 Å². The van der Waals surface area contributed by atoms with E-state index >= 15 is 0 Å². The second-order valence-corrected chi connectivity index (χ2v) is 5.78. The number of para-hydroxylation sites is 1. The number of carbonyl (C=O) groups is 2. The van der Waals surface area contributed by atoms with E-state index in [1.54, 1.807) is 18.2 Å². The van der Waals surface area contributed by atoms with Crippen LogP contribution in [0.3, 0.4) is 0 Å². The fourth-order valence-electron chi connectivity index (χ4n) is 3.07. The number of nitrogens with zero attached hydrogens (tertiary/aromatic N) is 1. The first-order chi connectivity index (χ1) is 10.7. The molecule has 22 heavy (non-hydrogen) atoms. The molecular formula is C16H19FN2O3. The Morgan fingerprint density at radius 3 is 2.68 bits per heavy atom. The van der Waals surface area contributed by atoms with Crippen LogP contribution in [-0.4, -0.2) is 24.5 Å². The standard InChI is InChI=1S/C16H19FN2O3/c17-12-7-3-4-8-13(12)19-10-9-14(16(19)21)22-18-15(20)11-5-1-2-6-11/h3-4,7-8,11,14H,1-2,5-6,9-10H2,(H,18,20)/t14-/m1/s1. The number of rotatable bonds is 4. The molecule has 1 aromatic rings. The van der Waals surface area contributed by atoms with E-state index in [-0.39, 0.29) is 23.4 Å². The molecule has 1 atom stereocenters. The summed E-state index contributed by atoms with van der Waals surface area (Å²) in [6, 6.07) is 6.14. The zero-order valence-electron chi connectivity index (χ0n) is 12.3. The quantitative estimate of drug-likeness (QED) is 0.867. The summed E-state index contributed by atoms with van der Waals surface area (Å²) in [4.78, 5) is 30.8. The summed E-state index contributed by atoms with van der Waals surface area (Å²) >= 11 is 0. The molecule has 0 aromatic heterocycles. The number of hydroxylamine groups is 1. The van der Waals surface area contributed by atoms with Crippen molar-refractivity contribution in [2.75, 3.05) is 11.4 Å². The Kier molecular flexibility index (Phi) is 4.38. The van der Waals surface area contributed by atoms with Crippen molar-refractivity contribution in [1.29, 1.82) is 0 Å². The lowest BCUT2D eigenvalue weighted by atomic mass is 10.1. The van der Waals surface area contributed by atoms with Crippen molar-refractivity contribution >= 4 is 17.5 Å². The lowest BCUT2D eigenvalue weighted by Crippen LogP contribution is -2.38. The van der Waals surface area contributed by atoms with Gasteiger partial charge in [0.1, 0.15) is 5.82 Å². The first kappa shape index (κ1) is 15.0. The molecule has 0 radical (unpaired) electrons. The van der Waals surface area contributed by atoms with Crippen molar-refractivity contribution in [3.8, 4) is 0 Å². The van der Waals surface area contributed by atoms with Crippen LogP contribution < -0.4 is 10.4 Å². The number of hydrogen-bond acceptors (Lipinski definition) is 3. The molecule has 2 fully saturated rings. The number of benzene rings is 1. The van der Waals surface area contributed by atoms with Crippen molar-refractivity contribution in [2.45, 2.75) is 38.2 Å². The van der Waals surface area contributed by atoms with Gasteiger partial charge in [0.05, 0.1) is 5.69 Å². The van der Waals surface area contributed by atoms with Crippen molar-refractivity contribution < 1.29 is 18.8 Å². The van der Waals surface area contributed by atoms with Gasteiger partial charge in [-0.05, 0) is 25.0 Å². The van der Waals surface area contributed by atoms with Gasteiger partial charge in [-0.25, -0.2) is 9.87 Å². The average molecular weight is 306 g/mol. The molecule has 5 nitrogen and oxygen atoms in total. The van der Waals surface area contributed by atoms with Crippen LogP contribution in [0.1, 0.15) is 32.1 Å². The van der Waals surface area contributed by atoms with Gasteiger partial charge >= 0.3 is 0 Å². The molecule has 0 bridgehead atoms. The van der Waals surface area contributed by atoms with Crippen molar-refractivity contribution in [1.82, 2.24) is 5.48 Å². The lowest BCUT2D eigenvalue weighted by molar-refractivity contribution is -0.147. The summed E-state index contributed by atoms with van der Waals surface area (Å²) in [7, 11) is 0. The minimum Gasteiger partial charge on any atom is -0.307 e. The third-order valence-electron chi connectivity index (χ3n) is 4.33. The largest absolute Gasteiger partial charge is 0.307 e. The molecule has 1 N–H and O–H groups in total. The minimum absolute atomic E-state index is 0.0147. The average Bonchev–Trinajstić information content (AvgIpc) is 3.16. The van der Waals surface area contributed by atoms with Gasteiger partial charge in [0.25, 0.3) is 5.91 Å². The second kappa shape index (κ2) is 6.44. The maximum atomic E-state index is 13.8. The minimum atomic E-state index is -0.745. The van der Waals surface area contributed by atoms with Gasteiger partial charge in [-0.3, -0.25) is 14.4 Å². The van der Waals surface area contributed by atoms with Crippen molar-refractivity contribution in [3.05, 3.63) is 30.1 Å². The zero-order valence-corrected chi connectivity index (χ0v) is 12.3. The van der Waals surface area contributed by atoms with E-state index in [1.807, 2.05) is 0 Å². The first-order valence-electron chi connectivity index (χ1n) is 7.68. The van der Waals surface area contributed by atoms with E-state index in [9.17, 15) is 14.0 Å². The second-order valence-electron chi connectivity index (χ2n) is 5.78. The Hall–Kier alpha value is -1.95. The maximum Gasteiger partial charge on any atom is 0.259 e. The van der Waals surface area contributed by atoms with Crippen LogP contribution in [-0.2, 0) is 14.4 Å². The molecule has 1 saturated carbocycles. The molecule has 1 aromatic carbocycles. The normalized spacial score (nSPS) is 22.3. The predicted molar refractivity (Wildman–Crippen MR) is 78.3 cm³/mol. The van der Waals surface area contributed by atoms with Crippen LogP contribution in [0.2, 0.25) is 0 Å². The third kappa shape index (κ3) is 2.97. The van der Waals surface area contributed by atoms with Gasteiger partial charge in [-0.15, -0.1) is 0 Å². The highest BCUT2D eigenvalue weighted by Crippen LogP contribution is 2.26. The molecule has 2 amide bonds. The van der Waals surface area contributed by atoms with Crippen LogP contribution in [0.15, 0.2) is 24.3 Å². The Balaban J connectivity index is 1.57. The van der Waals surface area contributed by atoms with Gasteiger partial charge in [-0.1, -0.05) is 25.0 Å². The summed E-state index contributed by atoms with van der Waals surface area (Å²) in [5.74, 6) is -0.933. The summed E-state index contributed by atoms with van der Waals surface area (Å²) < 4.78 is 13.8. The van der Waals surface area contributed by atoms with Gasteiger partial charge < -0.3 is 4.90 Å². The number of halogens is 1. The molecule has 2 aliphatic rings. The van der Waals surface area contributed by atoms with E-state index in [0.717, 1.165) is 25.7 Å². The van der Waals surface area contributed by atoms with Crippen LogP contribution in [0.4, 0.5) is 10.1 Å². The third-order valence-corrected chi connectivity index (χ3v) is 4.33. The van der Waals surface area contributed by atoms with E-state index < -0.39 is 11.9 Å². The number of carbonyl (C=O) groups excluding carboxylic acids is 2. The monoisotopic (exact) mass is 306 g/mol. The SMILES string of the molecule is O=C(NO[C@@H]1CCN(c2ccccc2F)C1=O)C1CCCC1. The molecule has 1 heterocycles. The number of anilines is 1. The summed E-state index contributed by atoms with van der Waals surface area (Å²) in [6.45, 7) is 0.379.